The molecule has 0 bridgehead atoms. The summed E-state index contributed by atoms with van der Waals surface area (Å²) in [4.78, 5) is 11.0. The Hall–Kier alpha value is -0.200. The van der Waals surface area contributed by atoms with Gasteiger partial charge in [0.1, 0.15) is 6.61 Å². The van der Waals surface area contributed by atoms with E-state index in [1.54, 1.807) is 0 Å². The highest BCUT2D eigenvalue weighted by Crippen LogP contribution is 2.26. The Kier molecular flexibility index (Phi) is 26.9. The van der Waals surface area contributed by atoms with Crippen LogP contribution in [0.1, 0.15) is 143 Å². The van der Waals surface area contributed by atoms with Crippen LogP contribution in [0.3, 0.4) is 0 Å². The summed E-state index contributed by atoms with van der Waals surface area (Å²) in [5, 5.41) is 16.8. The highest BCUT2D eigenvalue weighted by atomic mass is 32.2. The average Bonchev–Trinajstić information content (AvgIpc) is 2.91. The first-order chi connectivity index (χ1) is 18.4. The predicted molar refractivity (Wildman–Crippen MR) is 163 cm³/mol. The predicted octanol–water partition coefficient (Wildman–Crippen LogP) is 8.76. The van der Waals surface area contributed by atoms with Crippen LogP contribution in [-0.2, 0) is 18.8 Å². The normalized spacial score (nSPS) is 14.9. The van der Waals surface area contributed by atoms with E-state index < -0.39 is 26.4 Å². The van der Waals surface area contributed by atoms with Crippen LogP contribution in [0.5, 0.6) is 0 Å². The molecule has 226 valence electrons. The summed E-state index contributed by atoms with van der Waals surface area (Å²) < 4.78 is 22.3. The van der Waals surface area contributed by atoms with Crippen molar-refractivity contribution >= 4 is 26.2 Å². The van der Waals surface area contributed by atoms with Gasteiger partial charge in [0.15, 0.2) is 0 Å². The number of carboxylic acid groups (broad SMARTS) is 1. The average molecular weight is 580 g/mol. The Morgan fingerprint density at radius 2 is 1.29 bits per heavy atom. The second-order valence-electron chi connectivity index (χ2n) is 10.8. The Morgan fingerprint density at radius 3 is 1.79 bits per heavy atom. The van der Waals surface area contributed by atoms with Crippen LogP contribution in [-0.4, -0.2) is 58.5 Å². The van der Waals surface area contributed by atoms with Crippen LogP contribution in [0.15, 0.2) is 0 Å². The van der Waals surface area contributed by atoms with Gasteiger partial charge in [-0.25, -0.2) is 4.79 Å². The van der Waals surface area contributed by atoms with Crippen LogP contribution in [0.25, 0.3) is 0 Å². The zero-order chi connectivity index (χ0) is 28.3. The first kappa shape index (κ1) is 37.8. The van der Waals surface area contributed by atoms with E-state index >= 15 is 0 Å². The minimum Gasteiger partial charge on any atom is -0.476 e. The molecular weight excluding hydrogens is 519 g/mol. The number of aliphatic hydroxyl groups is 1. The highest BCUT2D eigenvalue weighted by Gasteiger charge is 2.46. The van der Waals surface area contributed by atoms with Crippen LogP contribution in [0.2, 0.25) is 0 Å². The Labute approximate surface area is 240 Å². The smallest absolute Gasteiger partial charge is 0.390 e. The van der Waals surface area contributed by atoms with Gasteiger partial charge in [-0.1, -0.05) is 121 Å². The first-order valence-corrected chi connectivity index (χ1v) is 17.5. The molecule has 2 N–H and O–H groups in total. The van der Waals surface area contributed by atoms with E-state index in [1.165, 1.54) is 121 Å². The molecule has 0 aliphatic rings. The fraction of sp³-hybridized carbons (Fsp3) is 0.967. The van der Waals surface area contributed by atoms with Crippen molar-refractivity contribution in [2.75, 3.05) is 25.6 Å². The zero-order valence-corrected chi connectivity index (χ0v) is 26.7. The molecule has 0 aromatic heterocycles. The molecule has 0 aromatic carbocycles. The molecule has 0 spiro atoms. The Bertz CT molecular complexity index is 553. The van der Waals surface area contributed by atoms with Crippen LogP contribution in [0.4, 0.5) is 0 Å². The van der Waals surface area contributed by atoms with E-state index in [2.05, 4.69) is 32.5 Å². The van der Waals surface area contributed by atoms with Crippen LogP contribution < -0.4 is 0 Å². The largest absolute Gasteiger partial charge is 0.476 e. The van der Waals surface area contributed by atoms with E-state index in [-0.39, 0.29) is 12.7 Å². The number of hydrogen-bond donors (Lipinski definition) is 2. The molecule has 0 saturated heterocycles. The summed E-state index contributed by atoms with van der Waals surface area (Å²) in [6, 6.07) is 0. The molecule has 0 fully saturated rings. The molecule has 0 saturated carbocycles. The molecular formula is C30H60O6PS+. The molecule has 0 rings (SSSR count). The topological polar surface area (TPSA) is 93.1 Å². The van der Waals surface area contributed by atoms with Gasteiger partial charge < -0.3 is 19.7 Å². The fourth-order valence-corrected chi connectivity index (χ4v) is 6.08. The van der Waals surface area contributed by atoms with Crippen molar-refractivity contribution in [2.24, 2.45) is 0 Å². The lowest BCUT2D eigenvalue weighted by atomic mass is 10.1. The molecule has 0 aromatic rings. The van der Waals surface area contributed by atoms with E-state index in [1.807, 2.05) is 0 Å². The van der Waals surface area contributed by atoms with Crippen molar-refractivity contribution < 1.29 is 29.0 Å². The van der Waals surface area contributed by atoms with Gasteiger partial charge in [-0.15, -0.1) is 0 Å². The lowest BCUT2D eigenvalue weighted by Gasteiger charge is -2.24. The highest BCUT2D eigenvalue weighted by molar-refractivity contribution is 7.99. The molecule has 0 aliphatic heterocycles. The van der Waals surface area contributed by atoms with Crippen molar-refractivity contribution in [3.8, 4) is 0 Å². The first-order valence-electron chi connectivity index (χ1n) is 15.6. The SMILES string of the molecule is CCCCCCCCCCCCSC(CCCCCCCCC)C(C)OCCCOCC(O)([PH+]=O)C(=O)O. The van der Waals surface area contributed by atoms with Crippen molar-refractivity contribution in [1.82, 2.24) is 0 Å². The quantitative estimate of drug-likeness (QED) is 0.0649. The van der Waals surface area contributed by atoms with Crippen LogP contribution in [0, 0.1) is 0 Å². The molecule has 4 unspecified atom stereocenters. The van der Waals surface area contributed by atoms with Gasteiger partial charge in [-0.05, 0) is 31.9 Å². The van der Waals surface area contributed by atoms with Gasteiger partial charge >= 0.3 is 19.8 Å². The van der Waals surface area contributed by atoms with Gasteiger partial charge in [0.2, 0.25) is 0 Å². The second kappa shape index (κ2) is 27.0. The summed E-state index contributed by atoms with van der Waals surface area (Å²) in [5.74, 6) is -0.332. The van der Waals surface area contributed by atoms with Crippen LogP contribution >= 0.6 is 20.2 Å². The number of carboxylic acids is 1. The summed E-state index contributed by atoms with van der Waals surface area (Å²) in [6.45, 7) is 7.01. The maximum absolute atomic E-state index is 11.0. The molecule has 6 nitrogen and oxygen atoms in total. The molecule has 0 aliphatic carbocycles. The van der Waals surface area contributed by atoms with E-state index in [0.29, 0.717) is 18.3 Å². The molecule has 38 heavy (non-hydrogen) atoms. The minimum atomic E-state index is -2.32. The summed E-state index contributed by atoms with van der Waals surface area (Å²) in [5.41, 5.74) is 0. The third-order valence-corrected chi connectivity index (χ3v) is 9.36. The van der Waals surface area contributed by atoms with E-state index in [9.17, 15) is 14.5 Å². The van der Waals surface area contributed by atoms with Crippen molar-refractivity contribution in [2.45, 2.75) is 159 Å². The van der Waals surface area contributed by atoms with E-state index in [4.69, 9.17) is 14.6 Å². The maximum atomic E-state index is 11.0. The number of unbranched alkanes of at least 4 members (excludes halogenated alkanes) is 15. The molecule has 0 amide bonds. The number of rotatable bonds is 30. The molecule has 8 heteroatoms. The lowest BCUT2D eigenvalue weighted by Crippen LogP contribution is -2.37. The number of ether oxygens (including phenoxy) is 2. The minimum absolute atomic E-state index is 0.155. The molecule has 0 heterocycles. The second-order valence-corrected chi connectivity index (χ2v) is 13.1. The summed E-state index contributed by atoms with van der Waals surface area (Å²) in [7, 11) is -1.37. The summed E-state index contributed by atoms with van der Waals surface area (Å²) in [6.07, 6.45) is 24.8. The third-order valence-electron chi connectivity index (χ3n) is 7.09. The Balaban J connectivity index is 4.21. The lowest BCUT2D eigenvalue weighted by molar-refractivity contribution is -0.154. The summed E-state index contributed by atoms with van der Waals surface area (Å²) >= 11 is 2.07. The van der Waals surface area contributed by atoms with Crippen molar-refractivity contribution in [3.05, 3.63) is 0 Å². The fourth-order valence-electron chi connectivity index (χ4n) is 4.47. The third kappa shape index (κ3) is 21.6. The molecule has 0 radical (unpaired) electrons. The van der Waals surface area contributed by atoms with Crippen molar-refractivity contribution in [1.29, 1.82) is 0 Å². The van der Waals surface area contributed by atoms with Gasteiger partial charge in [-0.3, -0.25) is 0 Å². The Morgan fingerprint density at radius 1 is 0.789 bits per heavy atom. The molecule has 4 atom stereocenters. The zero-order valence-electron chi connectivity index (χ0n) is 24.9. The van der Waals surface area contributed by atoms with Crippen molar-refractivity contribution in [3.63, 3.8) is 0 Å². The number of aliphatic carboxylic acids is 1. The standard InChI is InChI=1S/C30H59O6PS/c1-4-6-8-10-12-13-14-16-18-20-25-38-28(22-19-17-15-11-9-7-5-2)27(3)36-24-21-23-35-26-30(33,37-34)29(31)32/h27-28,33H,4-26H2,1-3H3,(H,31,32)/p+1. The van der Waals surface area contributed by atoms with Gasteiger partial charge in [0.25, 0.3) is 0 Å². The van der Waals surface area contributed by atoms with E-state index in [0.717, 1.165) is 0 Å². The van der Waals surface area contributed by atoms with Gasteiger partial charge in [0.05, 0.1) is 6.10 Å². The van der Waals surface area contributed by atoms with Gasteiger partial charge in [0, 0.05) is 18.5 Å². The maximum Gasteiger partial charge on any atom is 0.390 e. The number of thioether (sulfide) groups is 1. The number of carbonyl (C=O) groups is 1. The van der Waals surface area contributed by atoms with Gasteiger partial charge in [-0.2, -0.15) is 11.8 Å². The monoisotopic (exact) mass is 579 g/mol. The number of hydrogen-bond acceptors (Lipinski definition) is 6.